The Kier molecular flexibility index (Phi) is 4.68. The summed E-state index contributed by atoms with van der Waals surface area (Å²) in [6, 6.07) is 13.0. The van der Waals surface area contributed by atoms with E-state index < -0.39 is 0 Å². The summed E-state index contributed by atoms with van der Waals surface area (Å²) in [5, 5.41) is 0. The average Bonchev–Trinajstić information content (AvgIpc) is 2.43. The molecule has 98 valence electrons. The van der Waals surface area contributed by atoms with Gasteiger partial charge in [-0.25, -0.2) is 4.98 Å². The van der Waals surface area contributed by atoms with Crippen molar-refractivity contribution in [3.8, 4) is 0 Å². The van der Waals surface area contributed by atoms with Crippen LogP contribution in [0.25, 0.3) is 20.4 Å². The topological polar surface area (TPSA) is 12.9 Å². The quantitative estimate of drug-likeness (QED) is 0.375. The van der Waals surface area contributed by atoms with Crippen molar-refractivity contribution in [1.29, 1.82) is 0 Å². The van der Waals surface area contributed by atoms with Gasteiger partial charge in [-0.05, 0) is 24.0 Å². The minimum absolute atomic E-state index is 0. The molecule has 3 aromatic rings. The Balaban J connectivity index is 0.00000133. The molecule has 0 bridgehead atoms. The van der Waals surface area contributed by atoms with E-state index in [1.165, 1.54) is 31.6 Å². The molecule has 1 nitrogen and oxygen atoms in total. The summed E-state index contributed by atoms with van der Waals surface area (Å²) >= 11 is 1.85. The number of fused-ring (bicyclic) bond motifs is 2. The average molecular weight is 381 g/mol. The Morgan fingerprint density at radius 2 is 1.32 bits per heavy atom. The van der Waals surface area contributed by atoms with Crippen molar-refractivity contribution in [3.63, 3.8) is 0 Å². The highest BCUT2D eigenvalue weighted by Gasteiger charge is 2.15. The summed E-state index contributed by atoms with van der Waals surface area (Å²) in [6.45, 7) is 4.38. The summed E-state index contributed by atoms with van der Waals surface area (Å²) in [7, 11) is 0. The van der Waals surface area contributed by atoms with Gasteiger partial charge in [0.1, 0.15) is 11.0 Å². The molecular formula is C16H16INS. The molecule has 0 unspecified atom stereocenters. The van der Waals surface area contributed by atoms with Gasteiger partial charge in [0, 0.05) is 12.1 Å². The molecule has 3 heteroatoms. The van der Waals surface area contributed by atoms with E-state index in [-0.39, 0.29) is 24.0 Å². The SMILES string of the molecule is CCc1cccc2[s+]c3cccc(CC)c3nc12.[I-]. The monoisotopic (exact) mass is 381 g/mol. The number of nitrogens with zero attached hydrogens (tertiary/aromatic N) is 1. The van der Waals surface area contributed by atoms with E-state index in [0.717, 1.165) is 12.8 Å². The van der Waals surface area contributed by atoms with Crippen LogP contribution in [0, 0.1) is 0 Å². The standard InChI is InChI=1S/C16H16NS.HI/c1-3-11-7-5-9-13-15(11)17-16-12(4-2)8-6-10-14(16)18-13;/h5-10H,3-4H2,1-2H3;1H/q+1;/p-1. The lowest BCUT2D eigenvalue weighted by molar-refractivity contribution is -0.00000359. The first-order valence-electron chi connectivity index (χ1n) is 6.46. The van der Waals surface area contributed by atoms with Crippen LogP contribution in [0.15, 0.2) is 36.4 Å². The zero-order chi connectivity index (χ0) is 12.5. The molecule has 0 saturated carbocycles. The number of hydrogen-bond acceptors (Lipinski definition) is 1. The van der Waals surface area contributed by atoms with Crippen LogP contribution < -0.4 is 24.0 Å². The molecule has 19 heavy (non-hydrogen) atoms. The Bertz CT molecular complexity index is 665. The number of benzene rings is 2. The van der Waals surface area contributed by atoms with E-state index in [9.17, 15) is 0 Å². The van der Waals surface area contributed by atoms with Crippen LogP contribution in [0.3, 0.4) is 0 Å². The van der Waals surface area contributed by atoms with Crippen LogP contribution >= 0.6 is 11.3 Å². The molecule has 0 N–H and O–H groups in total. The van der Waals surface area contributed by atoms with Crippen molar-refractivity contribution in [2.45, 2.75) is 26.7 Å². The van der Waals surface area contributed by atoms with Gasteiger partial charge in [-0.1, -0.05) is 38.1 Å². The van der Waals surface area contributed by atoms with Crippen molar-refractivity contribution in [2.75, 3.05) is 0 Å². The summed E-state index contributed by atoms with van der Waals surface area (Å²) in [6.07, 6.45) is 2.08. The fourth-order valence-electron chi connectivity index (χ4n) is 2.35. The van der Waals surface area contributed by atoms with Crippen molar-refractivity contribution >= 4 is 31.8 Å². The van der Waals surface area contributed by atoms with E-state index in [4.69, 9.17) is 4.98 Å². The van der Waals surface area contributed by atoms with Crippen LogP contribution in [-0.2, 0) is 12.8 Å². The van der Waals surface area contributed by atoms with E-state index in [1.54, 1.807) is 0 Å². The molecule has 0 amide bonds. The fraction of sp³-hybridized carbons (Fsp3) is 0.250. The second kappa shape index (κ2) is 6.09. The first kappa shape index (κ1) is 14.6. The molecule has 2 aromatic carbocycles. The van der Waals surface area contributed by atoms with Crippen molar-refractivity contribution in [1.82, 2.24) is 4.98 Å². The van der Waals surface area contributed by atoms with Crippen molar-refractivity contribution < 1.29 is 24.0 Å². The molecule has 0 radical (unpaired) electrons. The minimum Gasteiger partial charge on any atom is -1.00 e. The van der Waals surface area contributed by atoms with E-state index >= 15 is 0 Å². The number of aromatic nitrogens is 1. The Hall–Kier alpha value is -0.810. The number of rotatable bonds is 2. The van der Waals surface area contributed by atoms with Gasteiger partial charge in [0.2, 0.25) is 11.3 Å². The van der Waals surface area contributed by atoms with Gasteiger partial charge in [0.15, 0.2) is 0 Å². The van der Waals surface area contributed by atoms with E-state index in [1.807, 2.05) is 11.3 Å². The van der Waals surface area contributed by atoms with Gasteiger partial charge < -0.3 is 24.0 Å². The highest BCUT2D eigenvalue weighted by molar-refractivity contribution is 7.24. The first-order valence-corrected chi connectivity index (χ1v) is 7.28. The number of halogens is 1. The third-order valence-electron chi connectivity index (χ3n) is 3.37. The predicted molar refractivity (Wildman–Crippen MR) is 80.3 cm³/mol. The normalized spacial score (nSPS) is 10.6. The van der Waals surface area contributed by atoms with Gasteiger partial charge in [-0.3, -0.25) is 0 Å². The number of hydrogen-bond donors (Lipinski definition) is 0. The van der Waals surface area contributed by atoms with Crippen LogP contribution in [-0.4, -0.2) is 4.98 Å². The zero-order valence-corrected chi connectivity index (χ0v) is 14.1. The molecule has 0 fully saturated rings. The van der Waals surface area contributed by atoms with Gasteiger partial charge >= 0.3 is 0 Å². The third-order valence-corrected chi connectivity index (χ3v) is 4.47. The first-order chi connectivity index (χ1) is 8.83. The molecule has 1 aromatic heterocycles. The second-order valence-electron chi connectivity index (χ2n) is 4.45. The molecular weight excluding hydrogens is 365 g/mol. The van der Waals surface area contributed by atoms with Crippen LogP contribution in [0.2, 0.25) is 0 Å². The lowest BCUT2D eigenvalue weighted by Crippen LogP contribution is -3.00. The van der Waals surface area contributed by atoms with Gasteiger partial charge in [0.05, 0.1) is 0 Å². The maximum Gasteiger partial charge on any atom is 0.257 e. The summed E-state index contributed by atoms with van der Waals surface area (Å²) in [5.41, 5.74) is 5.05. The number of para-hydroxylation sites is 2. The molecule has 0 aliphatic carbocycles. The highest BCUT2D eigenvalue weighted by Crippen LogP contribution is 2.29. The van der Waals surface area contributed by atoms with Gasteiger partial charge in [0.25, 0.3) is 9.40 Å². The Morgan fingerprint density at radius 3 is 1.74 bits per heavy atom. The van der Waals surface area contributed by atoms with Crippen LogP contribution in [0.4, 0.5) is 0 Å². The Labute approximate surface area is 134 Å². The summed E-state index contributed by atoms with van der Waals surface area (Å²) < 4.78 is 2.57. The summed E-state index contributed by atoms with van der Waals surface area (Å²) in [4.78, 5) is 4.93. The molecule has 3 rings (SSSR count). The highest BCUT2D eigenvalue weighted by atomic mass is 127. The summed E-state index contributed by atoms with van der Waals surface area (Å²) in [5.74, 6) is 0. The maximum absolute atomic E-state index is 4.93. The van der Waals surface area contributed by atoms with Crippen molar-refractivity contribution in [3.05, 3.63) is 47.5 Å². The molecule has 0 atom stereocenters. The van der Waals surface area contributed by atoms with Gasteiger partial charge in [-0.2, -0.15) is 0 Å². The minimum atomic E-state index is 0. The predicted octanol–water partition coefficient (Wildman–Crippen LogP) is 1.86. The fourth-order valence-corrected chi connectivity index (χ4v) is 3.43. The van der Waals surface area contributed by atoms with Gasteiger partial charge in [-0.15, -0.1) is 0 Å². The molecule has 0 saturated heterocycles. The molecule has 0 aliphatic rings. The van der Waals surface area contributed by atoms with Crippen LogP contribution in [0.5, 0.6) is 0 Å². The second-order valence-corrected chi connectivity index (χ2v) is 5.53. The Morgan fingerprint density at radius 1 is 0.842 bits per heavy atom. The number of aryl methyl sites for hydroxylation is 2. The zero-order valence-electron chi connectivity index (χ0n) is 11.1. The van der Waals surface area contributed by atoms with E-state index in [0.29, 0.717) is 0 Å². The molecule has 0 aliphatic heterocycles. The van der Waals surface area contributed by atoms with E-state index in [2.05, 4.69) is 50.2 Å². The van der Waals surface area contributed by atoms with Crippen molar-refractivity contribution in [2.24, 2.45) is 0 Å². The molecule has 1 heterocycles. The lowest BCUT2D eigenvalue weighted by Gasteiger charge is -2.01. The van der Waals surface area contributed by atoms with Crippen LogP contribution in [0.1, 0.15) is 25.0 Å². The lowest BCUT2D eigenvalue weighted by atomic mass is 10.1. The third kappa shape index (κ3) is 2.58. The largest absolute Gasteiger partial charge is 1.00 e. The molecule has 0 spiro atoms. The smallest absolute Gasteiger partial charge is 0.257 e. The maximum atomic E-state index is 4.93.